The van der Waals surface area contributed by atoms with Crippen molar-refractivity contribution >= 4 is 39.1 Å². The maximum Gasteiger partial charge on any atom is 0.259 e. The molecule has 3 rings (SSSR count). The van der Waals surface area contributed by atoms with Crippen LogP contribution in [0, 0.1) is 0 Å². The average molecular weight is 425 g/mol. The van der Waals surface area contributed by atoms with Crippen molar-refractivity contribution in [3.8, 4) is 5.75 Å². The first-order chi connectivity index (χ1) is 13.1. The Morgan fingerprint density at radius 1 is 0.778 bits per heavy atom. The van der Waals surface area contributed by atoms with Gasteiger partial charge in [0.25, 0.3) is 11.8 Å². The Balaban J connectivity index is 1.65. The summed E-state index contributed by atoms with van der Waals surface area (Å²) in [6.45, 7) is 0. The number of anilines is 2. The number of rotatable bonds is 5. The van der Waals surface area contributed by atoms with E-state index >= 15 is 0 Å². The zero-order valence-electron chi connectivity index (χ0n) is 14.5. The van der Waals surface area contributed by atoms with Crippen molar-refractivity contribution in [2.75, 3.05) is 17.7 Å². The molecule has 0 heterocycles. The van der Waals surface area contributed by atoms with Crippen LogP contribution in [0.15, 0.2) is 77.3 Å². The molecule has 0 saturated carbocycles. The predicted octanol–water partition coefficient (Wildman–Crippen LogP) is 4.96. The molecule has 0 atom stereocenters. The number of carbonyl (C=O) groups is 2. The summed E-state index contributed by atoms with van der Waals surface area (Å²) >= 11 is 3.34. The first-order valence-electron chi connectivity index (χ1n) is 8.18. The number of halogens is 1. The van der Waals surface area contributed by atoms with Gasteiger partial charge in [0.1, 0.15) is 5.75 Å². The number of hydrogen-bond acceptors (Lipinski definition) is 3. The number of amides is 2. The van der Waals surface area contributed by atoms with Gasteiger partial charge in [-0.1, -0.05) is 28.1 Å². The normalized spacial score (nSPS) is 10.1. The van der Waals surface area contributed by atoms with Gasteiger partial charge in [0.05, 0.1) is 12.7 Å². The molecule has 0 radical (unpaired) electrons. The van der Waals surface area contributed by atoms with Crippen LogP contribution >= 0.6 is 15.9 Å². The summed E-state index contributed by atoms with van der Waals surface area (Å²) in [5.74, 6) is 0.0424. The fraction of sp³-hybridized carbons (Fsp3) is 0.0476. The Morgan fingerprint density at radius 2 is 1.33 bits per heavy atom. The molecule has 0 aliphatic carbocycles. The van der Waals surface area contributed by atoms with Gasteiger partial charge in [0, 0.05) is 21.4 Å². The summed E-state index contributed by atoms with van der Waals surface area (Å²) in [6.07, 6.45) is 0. The molecule has 136 valence electrons. The monoisotopic (exact) mass is 424 g/mol. The fourth-order valence-electron chi connectivity index (χ4n) is 2.47. The summed E-state index contributed by atoms with van der Waals surface area (Å²) in [5.41, 5.74) is 2.27. The molecule has 0 unspecified atom stereocenters. The third kappa shape index (κ3) is 4.74. The number of ether oxygens (including phenoxy) is 1. The van der Waals surface area contributed by atoms with Gasteiger partial charge in [-0.25, -0.2) is 0 Å². The van der Waals surface area contributed by atoms with Crippen molar-refractivity contribution in [1.82, 2.24) is 0 Å². The van der Waals surface area contributed by atoms with Gasteiger partial charge < -0.3 is 15.4 Å². The predicted molar refractivity (Wildman–Crippen MR) is 109 cm³/mol. The van der Waals surface area contributed by atoms with Crippen molar-refractivity contribution in [2.24, 2.45) is 0 Å². The molecule has 6 heteroatoms. The van der Waals surface area contributed by atoms with Gasteiger partial charge in [-0.2, -0.15) is 0 Å². The van der Waals surface area contributed by atoms with E-state index in [-0.39, 0.29) is 11.8 Å². The molecule has 0 fully saturated rings. The van der Waals surface area contributed by atoms with Crippen LogP contribution < -0.4 is 15.4 Å². The molecule has 2 amide bonds. The SMILES string of the molecule is COc1ccccc1C(=O)Nc1ccc(NC(=O)c2ccc(Br)cc2)cc1. The summed E-state index contributed by atoms with van der Waals surface area (Å²) in [5, 5.41) is 5.64. The van der Waals surface area contributed by atoms with Crippen LogP contribution in [-0.4, -0.2) is 18.9 Å². The topological polar surface area (TPSA) is 67.4 Å². The summed E-state index contributed by atoms with van der Waals surface area (Å²) in [4.78, 5) is 24.6. The molecule has 0 aliphatic rings. The van der Waals surface area contributed by atoms with Gasteiger partial charge in [-0.3, -0.25) is 9.59 Å². The van der Waals surface area contributed by atoms with Crippen LogP contribution in [0.4, 0.5) is 11.4 Å². The van der Waals surface area contributed by atoms with E-state index in [1.54, 1.807) is 60.7 Å². The Labute approximate surface area is 165 Å². The smallest absolute Gasteiger partial charge is 0.259 e. The van der Waals surface area contributed by atoms with E-state index in [2.05, 4.69) is 26.6 Å². The number of nitrogens with one attached hydrogen (secondary N) is 2. The van der Waals surface area contributed by atoms with Crippen LogP contribution in [0.25, 0.3) is 0 Å². The van der Waals surface area contributed by atoms with E-state index < -0.39 is 0 Å². The Hall–Kier alpha value is -3.12. The minimum Gasteiger partial charge on any atom is -0.496 e. The highest BCUT2D eigenvalue weighted by Crippen LogP contribution is 2.20. The van der Waals surface area contributed by atoms with E-state index in [1.165, 1.54) is 7.11 Å². The van der Waals surface area contributed by atoms with E-state index in [0.29, 0.717) is 28.3 Å². The van der Waals surface area contributed by atoms with Gasteiger partial charge in [0.15, 0.2) is 0 Å². The van der Waals surface area contributed by atoms with Gasteiger partial charge >= 0.3 is 0 Å². The summed E-state index contributed by atoms with van der Waals surface area (Å²) in [7, 11) is 1.52. The second-order valence-corrected chi connectivity index (χ2v) is 6.61. The van der Waals surface area contributed by atoms with Crippen molar-refractivity contribution < 1.29 is 14.3 Å². The van der Waals surface area contributed by atoms with Gasteiger partial charge in [0.2, 0.25) is 0 Å². The zero-order valence-corrected chi connectivity index (χ0v) is 16.1. The van der Waals surface area contributed by atoms with Crippen molar-refractivity contribution in [2.45, 2.75) is 0 Å². The van der Waals surface area contributed by atoms with Crippen LogP contribution in [-0.2, 0) is 0 Å². The molecule has 0 aromatic heterocycles. The lowest BCUT2D eigenvalue weighted by Crippen LogP contribution is -2.14. The number of benzene rings is 3. The third-order valence-electron chi connectivity index (χ3n) is 3.86. The molecule has 0 spiro atoms. The van der Waals surface area contributed by atoms with Crippen molar-refractivity contribution in [1.29, 1.82) is 0 Å². The summed E-state index contributed by atoms with van der Waals surface area (Å²) in [6, 6.07) is 21.0. The second kappa shape index (κ2) is 8.51. The second-order valence-electron chi connectivity index (χ2n) is 5.69. The minimum atomic E-state index is -0.265. The number of methoxy groups -OCH3 is 1. The van der Waals surface area contributed by atoms with E-state index in [0.717, 1.165) is 4.47 Å². The lowest BCUT2D eigenvalue weighted by Gasteiger charge is -2.10. The standard InChI is InChI=1S/C21H17BrN2O3/c1-27-19-5-3-2-4-18(19)21(26)24-17-12-10-16(11-13-17)23-20(25)14-6-8-15(22)9-7-14/h2-13H,1H3,(H,23,25)(H,24,26). The highest BCUT2D eigenvalue weighted by molar-refractivity contribution is 9.10. The Kier molecular flexibility index (Phi) is 5.88. The lowest BCUT2D eigenvalue weighted by molar-refractivity contribution is 0.101. The van der Waals surface area contributed by atoms with Crippen LogP contribution in [0.1, 0.15) is 20.7 Å². The van der Waals surface area contributed by atoms with Gasteiger partial charge in [-0.05, 0) is 60.7 Å². The Bertz CT molecular complexity index is 954. The molecular formula is C21H17BrN2O3. The molecule has 2 N–H and O–H groups in total. The molecule has 3 aromatic rings. The molecule has 0 bridgehead atoms. The van der Waals surface area contributed by atoms with Crippen molar-refractivity contribution in [3.63, 3.8) is 0 Å². The molecule has 0 aliphatic heterocycles. The quantitative estimate of drug-likeness (QED) is 0.607. The first kappa shape index (κ1) is 18.7. The molecule has 5 nitrogen and oxygen atoms in total. The summed E-state index contributed by atoms with van der Waals surface area (Å²) < 4.78 is 6.12. The highest BCUT2D eigenvalue weighted by Gasteiger charge is 2.12. The fourth-order valence-corrected chi connectivity index (χ4v) is 2.74. The van der Waals surface area contributed by atoms with Crippen LogP contribution in [0.2, 0.25) is 0 Å². The maximum atomic E-state index is 12.4. The first-order valence-corrected chi connectivity index (χ1v) is 8.97. The Morgan fingerprint density at radius 3 is 1.93 bits per heavy atom. The van der Waals surface area contributed by atoms with Crippen LogP contribution in [0.5, 0.6) is 5.75 Å². The van der Waals surface area contributed by atoms with Crippen LogP contribution in [0.3, 0.4) is 0 Å². The maximum absolute atomic E-state index is 12.4. The molecule has 0 saturated heterocycles. The van der Waals surface area contributed by atoms with E-state index in [1.807, 2.05) is 12.1 Å². The molecule has 3 aromatic carbocycles. The lowest BCUT2D eigenvalue weighted by atomic mass is 10.1. The number of para-hydroxylation sites is 1. The van der Waals surface area contributed by atoms with E-state index in [4.69, 9.17) is 4.74 Å². The molecule has 27 heavy (non-hydrogen) atoms. The third-order valence-corrected chi connectivity index (χ3v) is 4.39. The molecular weight excluding hydrogens is 408 g/mol. The largest absolute Gasteiger partial charge is 0.496 e. The van der Waals surface area contributed by atoms with Gasteiger partial charge in [-0.15, -0.1) is 0 Å². The highest BCUT2D eigenvalue weighted by atomic mass is 79.9. The number of carbonyl (C=O) groups excluding carboxylic acids is 2. The average Bonchev–Trinajstić information content (AvgIpc) is 2.69. The van der Waals surface area contributed by atoms with Crippen molar-refractivity contribution in [3.05, 3.63) is 88.4 Å². The zero-order chi connectivity index (χ0) is 19.2. The minimum absolute atomic E-state index is 0.201. The number of hydrogen-bond donors (Lipinski definition) is 2. The van der Waals surface area contributed by atoms with E-state index in [9.17, 15) is 9.59 Å².